The molecule has 3 aromatic rings. The normalized spacial score (nSPS) is 16.2. The van der Waals surface area contributed by atoms with Gasteiger partial charge in [0.25, 0.3) is 0 Å². The zero-order chi connectivity index (χ0) is 20.6. The van der Waals surface area contributed by atoms with Crippen LogP contribution in [-0.2, 0) is 28.9 Å². The van der Waals surface area contributed by atoms with Crippen molar-refractivity contribution in [2.24, 2.45) is 0 Å². The zero-order valence-electron chi connectivity index (χ0n) is 17.6. The van der Waals surface area contributed by atoms with Gasteiger partial charge in [-0.15, -0.1) is 0 Å². The minimum absolute atomic E-state index is 0.0511. The van der Waals surface area contributed by atoms with Gasteiger partial charge in [-0.1, -0.05) is 48.9 Å². The second-order valence-corrected chi connectivity index (χ2v) is 8.01. The van der Waals surface area contributed by atoms with Crippen molar-refractivity contribution in [3.8, 4) is 0 Å². The van der Waals surface area contributed by atoms with Crippen LogP contribution in [0.25, 0.3) is 11.0 Å². The summed E-state index contributed by atoms with van der Waals surface area (Å²) in [5.41, 5.74) is 3.64. The van der Waals surface area contributed by atoms with Crippen LogP contribution in [0.3, 0.4) is 0 Å². The van der Waals surface area contributed by atoms with Gasteiger partial charge in [0.05, 0.1) is 11.0 Å². The number of carbonyl (C=O) groups excluding carboxylic acids is 1. The van der Waals surface area contributed by atoms with Crippen molar-refractivity contribution >= 4 is 16.9 Å². The first kappa shape index (κ1) is 20.6. The van der Waals surface area contributed by atoms with E-state index < -0.39 is 0 Å². The molecule has 0 aliphatic carbocycles. The number of ether oxygens (including phenoxy) is 1. The van der Waals surface area contributed by atoms with E-state index in [1.54, 1.807) is 0 Å². The number of hydrogen-bond donors (Lipinski definition) is 1. The lowest BCUT2D eigenvalue weighted by Crippen LogP contribution is -2.34. The van der Waals surface area contributed by atoms with E-state index in [9.17, 15) is 4.79 Å². The molecule has 1 unspecified atom stereocenters. The Balaban J connectivity index is 1.28. The predicted octanol–water partition coefficient (Wildman–Crippen LogP) is 4.29. The highest BCUT2D eigenvalue weighted by Crippen LogP contribution is 2.19. The Kier molecular flexibility index (Phi) is 7.14. The SMILES string of the molecule is O=C(NCCCCCc1nc2ccccc2n1CCc1ccccc1)C1CCCO1. The molecule has 1 aliphatic rings. The summed E-state index contributed by atoms with van der Waals surface area (Å²) in [5, 5.41) is 3.01. The van der Waals surface area contributed by atoms with Gasteiger partial charge in [-0.3, -0.25) is 4.79 Å². The number of amides is 1. The topological polar surface area (TPSA) is 56.2 Å². The number of para-hydroxylation sites is 2. The maximum atomic E-state index is 12.0. The third-order valence-corrected chi connectivity index (χ3v) is 5.80. The largest absolute Gasteiger partial charge is 0.368 e. The van der Waals surface area contributed by atoms with E-state index in [-0.39, 0.29) is 12.0 Å². The Labute approximate surface area is 178 Å². The van der Waals surface area contributed by atoms with Gasteiger partial charge in [0.1, 0.15) is 11.9 Å². The molecule has 5 heteroatoms. The monoisotopic (exact) mass is 405 g/mol. The van der Waals surface area contributed by atoms with Gasteiger partial charge >= 0.3 is 0 Å². The van der Waals surface area contributed by atoms with E-state index >= 15 is 0 Å². The van der Waals surface area contributed by atoms with Gasteiger partial charge in [0.2, 0.25) is 5.91 Å². The van der Waals surface area contributed by atoms with E-state index in [0.717, 1.165) is 69.4 Å². The van der Waals surface area contributed by atoms with Crippen molar-refractivity contribution < 1.29 is 9.53 Å². The average Bonchev–Trinajstić information content (AvgIpc) is 3.43. The zero-order valence-corrected chi connectivity index (χ0v) is 17.6. The number of carbonyl (C=O) groups is 1. The van der Waals surface area contributed by atoms with Crippen molar-refractivity contribution in [3.05, 3.63) is 66.0 Å². The van der Waals surface area contributed by atoms with Crippen LogP contribution in [0.15, 0.2) is 54.6 Å². The summed E-state index contributed by atoms with van der Waals surface area (Å²) >= 11 is 0. The van der Waals surface area contributed by atoms with Crippen molar-refractivity contribution in [3.63, 3.8) is 0 Å². The maximum absolute atomic E-state index is 12.0. The molecule has 1 atom stereocenters. The molecule has 0 bridgehead atoms. The molecular formula is C25H31N3O2. The summed E-state index contributed by atoms with van der Waals surface area (Å²) in [5.74, 6) is 1.21. The standard InChI is InChI=1S/C25H31N3O2/c29-25(23-14-9-19-30-23)26-17-8-2-5-15-24-27-21-12-6-7-13-22(21)28(24)18-16-20-10-3-1-4-11-20/h1,3-4,6-7,10-13,23H,2,5,8-9,14-19H2,(H,26,29). The quantitative estimate of drug-likeness (QED) is 0.512. The van der Waals surface area contributed by atoms with E-state index in [4.69, 9.17) is 9.72 Å². The first-order valence-corrected chi connectivity index (χ1v) is 11.2. The molecule has 1 N–H and O–H groups in total. The summed E-state index contributed by atoms with van der Waals surface area (Å²) in [6.45, 7) is 2.38. The third-order valence-electron chi connectivity index (χ3n) is 5.80. The maximum Gasteiger partial charge on any atom is 0.249 e. The van der Waals surface area contributed by atoms with Crippen LogP contribution in [-0.4, -0.2) is 34.7 Å². The number of hydrogen-bond acceptors (Lipinski definition) is 3. The fourth-order valence-electron chi connectivity index (χ4n) is 4.15. The van der Waals surface area contributed by atoms with Crippen LogP contribution in [0.2, 0.25) is 0 Å². The smallest absolute Gasteiger partial charge is 0.249 e. The van der Waals surface area contributed by atoms with Crippen LogP contribution >= 0.6 is 0 Å². The van der Waals surface area contributed by atoms with Crippen molar-refractivity contribution in [2.75, 3.05) is 13.2 Å². The molecule has 30 heavy (non-hydrogen) atoms. The second-order valence-electron chi connectivity index (χ2n) is 8.01. The van der Waals surface area contributed by atoms with Gasteiger partial charge in [-0.2, -0.15) is 0 Å². The molecule has 1 fully saturated rings. The van der Waals surface area contributed by atoms with Crippen LogP contribution in [0.1, 0.15) is 43.5 Å². The number of imidazole rings is 1. The summed E-state index contributed by atoms with van der Waals surface area (Å²) < 4.78 is 7.80. The van der Waals surface area contributed by atoms with Crippen LogP contribution in [0, 0.1) is 0 Å². The molecular weight excluding hydrogens is 374 g/mol. The van der Waals surface area contributed by atoms with E-state index in [0.29, 0.717) is 6.61 Å². The molecule has 1 aliphatic heterocycles. The molecule has 0 radical (unpaired) electrons. The molecule has 1 aromatic heterocycles. The lowest BCUT2D eigenvalue weighted by Gasteiger charge is -2.11. The fourth-order valence-corrected chi connectivity index (χ4v) is 4.15. The van der Waals surface area contributed by atoms with Gasteiger partial charge in [-0.05, 0) is 49.8 Å². The molecule has 0 spiro atoms. The van der Waals surface area contributed by atoms with Crippen molar-refractivity contribution in [1.29, 1.82) is 0 Å². The molecule has 4 rings (SSSR count). The van der Waals surface area contributed by atoms with E-state index in [1.807, 2.05) is 0 Å². The average molecular weight is 406 g/mol. The molecule has 5 nitrogen and oxygen atoms in total. The number of rotatable bonds is 10. The number of unbranched alkanes of at least 4 members (excludes halogenated alkanes) is 2. The number of benzene rings is 2. The van der Waals surface area contributed by atoms with Gasteiger partial charge < -0.3 is 14.6 Å². The summed E-state index contributed by atoms with van der Waals surface area (Å²) in [6, 6.07) is 19.0. The lowest BCUT2D eigenvalue weighted by atomic mass is 10.1. The number of nitrogens with one attached hydrogen (secondary N) is 1. The molecule has 1 amide bonds. The molecule has 0 saturated carbocycles. The Hall–Kier alpha value is -2.66. The first-order valence-electron chi connectivity index (χ1n) is 11.2. The highest BCUT2D eigenvalue weighted by molar-refractivity contribution is 5.80. The fraction of sp³-hybridized carbons (Fsp3) is 0.440. The minimum atomic E-state index is -0.227. The molecule has 2 heterocycles. The van der Waals surface area contributed by atoms with Gasteiger partial charge in [-0.25, -0.2) is 4.98 Å². The molecule has 158 valence electrons. The first-order chi connectivity index (χ1) is 14.8. The third kappa shape index (κ3) is 5.28. The van der Waals surface area contributed by atoms with Gasteiger partial charge in [0.15, 0.2) is 0 Å². The highest BCUT2D eigenvalue weighted by atomic mass is 16.5. The number of nitrogens with zero attached hydrogens (tertiary/aromatic N) is 2. The summed E-state index contributed by atoms with van der Waals surface area (Å²) in [6.07, 6.45) is 6.72. The van der Waals surface area contributed by atoms with E-state index in [2.05, 4.69) is 64.5 Å². The van der Waals surface area contributed by atoms with Crippen molar-refractivity contribution in [2.45, 2.75) is 57.6 Å². The Bertz CT molecular complexity index is 945. The minimum Gasteiger partial charge on any atom is -0.368 e. The van der Waals surface area contributed by atoms with Crippen LogP contribution in [0.5, 0.6) is 0 Å². The predicted molar refractivity (Wildman–Crippen MR) is 119 cm³/mol. The van der Waals surface area contributed by atoms with Crippen molar-refractivity contribution in [1.82, 2.24) is 14.9 Å². The lowest BCUT2D eigenvalue weighted by molar-refractivity contribution is -0.130. The summed E-state index contributed by atoms with van der Waals surface area (Å²) in [4.78, 5) is 16.9. The highest BCUT2D eigenvalue weighted by Gasteiger charge is 2.22. The van der Waals surface area contributed by atoms with Gasteiger partial charge in [0, 0.05) is 26.1 Å². The van der Waals surface area contributed by atoms with Crippen LogP contribution < -0.4 is 5.32 Å². The Morgan fingerprint density at radius 1 is 1.03 bits per heavy atom. The van der Waals surface area contributed by atoms with Crippen LogP contribution in [0.4, 0.5) is 0 Å². The summed E-state index contributed by atoms with van der Waals surface area (Å²) in [7, 11) is 0. The number of aryl methyl sites for hydroxylation is 3. The molecule has 2 aromatic carbocycles. The van der Waals surface area contributed by atoms with E-state index in [1.165, 1.54) is 11.1 Å². The number of aromatic nitrogens is 2. The Morgan fingerprint density at radius 3 is 2.70 bits per heavy atom. The number of fused-ring (bicyclic) bond motifs is 1. The second kappa shape index (κ2) is 10.4. The molecule has 1 saturated heterocycles. The Morgan fingerprint density at radius 2 is 1.87 bits per heavy atom.